The third kappa shape index (κ3) is 40.2. The standard InChI is InChI=1S/C47H68O5/c1-3-5-7-9-11-13-15-17-19-21-23-25-27-29-31-33-35-37-39-41-46(49)51-43-45(48)44-52-47(50)42-40-38-36-34-32-30-28-26-24-22-20-18-16-14-12-10-8-6-4-2/h5-8,11-14,17-20,23-26,29-32,35-38,45,48H,3-4,9-10,15-16,21-22,27-28,33-34,39-44H2,1-2H3/b7-5-,8-6+,13-11-,14-12+,19-17+,20-18+,25-23+,26-24+,31-29+,32-30+,37-35+,38-36+. The lowest BCUT2D eigenvalue weighted by molar-refractivity contribution is -0.152. The van der Waals surface area contributed by atoms with Crippen molar-refractivity contribution in [3.8, 4) is 0 Å². The van der Waals surface area contributed by atoms with Gasteiger partial charge in [0.05, 0.1) is 0 Å². The highest BCUT2D eigenvalue weighted by atomic mass is 16.6. The van der Waals surface area contributed by atoms with Gasteiger partial charge in [-0.2, -0.15) is 0 Å². The third-order valence-electron chi connectivity index (χ3n) is 7.10. The Labute approximate surface area is 317 Å². The van der Waals surface area contributed by atoms with Gasteiger partial charge in [0.25, 0.3) is 0 Å². The van der Waals surface area contributed by atoms with Gasteiger partial charge in [0, 0.05) is 12.8 Å². The number of hydrogen-bond donors (Lipinski definition) is 1. The third-order valence-corrected chi connectivity index (χ3v) is 7.10. The smallest absolute Gasteiger partial charge is 0.306 e. The number of hydrogen-bond acceptors (Lipinski definition) is 5. The van der Waals surface area contributed by atoms with Gasteiger partial charge in [-0.3, -0.25) is 9.59 Å². The van der Waals surface area contributed by atoms with Crippen molar-refractivity contribution in [2.45, 2.75) is 123 Å². The van der Waals surface area contributed by atoms with E-state index in [9.17, 15) is 14.7 Å². The van der Waals surface area contributed by atoms with Crippen LogP contribution in [0.1, 0.15) is 117 Å². The normalized spacial score (nSPS) is 13.8. The highest BCUT2D eigenvalue weighted by Crippen LogP contribution is 2.02. The molecule has 0 amide bonds. The van der Waals surface area contributed by atoms with Crippen molar-refractivity contribution in [1.29, 1.82) is 0 Å². The van der Waals surface area contributed by atoms with Crippen LogP contribution in [0.2, 0.25) is 0 Å². The Hall–Kier alpha value is -4.22. The number of esters is 2. The summed E-state index contributed by atoms with van der Waals surface area (Å²) in [7, 11) is 0. The van der Waals surface area contributed by atoms with Crippen molar-refractivity contribution >= 4 is 11.9 Å². The maximum Gasteiger partial charge on any atom is 0.306 e. The van der Waals surface area contributed by atoms with E-state index in [-0.39, 0.29) is 38.0 Å². The predicted molar refractivity (Wildman–Crippen MR) is 223 cm³/mol. The van der Waals surface area contributed by atoms with Gasteiger partial charge in [-0.25, -0.2) is 0 Å². The van der Waals surface area contributed by atoms with Crippen LogP contribution in [0.25, 0.3) is 0 Å². The SMILES string of the molecule is CC/C=C\C/C=C\C/C=C/C/C=C/C/C=C/C/C=C/CCC(=O)OCC(O)COC(=O)CC/C=C/C/C=C/C/C=C/C/C=C/C/C=C/C/C=C/CC. The summed E-state index contributed by atoms with van der Waals surface area (Å²) in [5.41, 5.74) is 0. The van der Waals surface area contributed by atoms with Gasteiger partial charge in [-0.1, -0.05) is 160 Å². The Morgan fingerprint density at radius 2 is 0.596 bits per heavy atom. The first-order chi connectivity index (χ1) is 25.6. The van der Waals surface area contributed by atoms with Crippen molar-refractivity contribution in [2.24, 2.45) is 0 Å². The van der Waals surface area contributed by atoms with Crippen molar-refractivity contribution in [1.82, 2.24) is 0 Å². The molecule has 5 heteroatoms. The van der Waals surface area contributed by atoms with Crippen LogP contribution < -0.4 is 0 Å². The maximum absolute atomic E-state index is 11.9. The minimum absolute atomic E-state index is 0.191. The minimum atomic E-state index is -1.04. The van der Waals surface area contributed by atoms with Gasteiger partial charge < -0.3 is 14.6 Å². The van der Waals surface area contributed by atoms with Crippen LogP contribution in [0.5, 0.6) is 0 Å². The van der Waals surface area contributed by atoms with E-state index in [0.717, 1.165) is 77.0 Å². The molecule has 5 nitrogen and oxygen atoms in total. The molecular formula is C47H68O5. The number of ether oxygens (including phenoxy) is 2. The molecule has 0 aromatic rings. The van der Waals surface area contributed by atoms with Crippen molar-refractivity contribution in [3.63, 3.8) is 0 Å². The molecule has 0 radical (unpaired) electrons. The molecule has 0 saturated heterocycles. The van der Waals surface area contributed by atoms with Gasteiger partial charge in [0.2, 0.25) is 0 Å². The quantitative estimate of drug-likeness (QED) is 0.0555. The molecule has 0 heterocycles. The molecule has 0 aliphatic rings. The number of carbonyl (C=O) groups is 2. The molecule has 1 atom stereocenters. The van der Waals surface area contributed by atoms with Gasteiger partial charge in [0.15, 0.2) is 0 Å². The molecule has 0 bridgehead atoms. The lowest BCUT2D eigenvalue weighted by Gasteiger charge is -2.11. The first-order valence-corrected chi connectivity index (χ1v) is 19.4. The average Bonchev–Trinajstić information content (AvgIpc) is 3.15. The van der Waals surface area contributed by atoms with Crippen LogP contribution in [0.4, 0.5) is 0 Å². The second kappa shape index (κ2) is 41.2. The molecule has 1 unspecified atom stereocenters. The van der Waals surface area contributed by atoms with Crippen LogP contribution in [-0.4, -0.2) is 36.4 Å². The molecule has 0 rings (SSSR count). The van der Waals surface area contributed by atoms with Crippen LogP contribution in [0, 0.1) is 0 Å². The Balaban J connectivity index is 3.75. The van der Waals surface area contributed by atoms with E-state index in [1.807, 2.05) is 24.3 Å². The van der Waals surface area contributed by atoms with E-state index in [2.05, 4.69) is 135 Å². The van der Waals surface area contributed by atoms with E-state index in [1.54, 1.807) is 0 Å². The number of aliphatic hydroxyl groups is 1. The lowest BCUT2D eigenvalue weighted by atomic mass is 10.2. The summed E-state index contributed by atoms with van der Waals surface area (Å²) in [6.45, 7) is 3.91. The van der Waals surface area contributed by atoms with Crippen LogP contribution in [0.15, 0.2) is 146 Å². The first-order valence-electron chi connectivity index (χ1n) is 19.4. The predicted octanol–water partition coefficient (Wildman–Crippen LogP) is 12.4. The van der Waals surface area contributed by atoms with Crippen molar-refractivity contribution < 1.29 is 24.2 Å². The molecule has 0 saturated carbocycles. The molecule has 0 aliphatic carbocycles. The van der Waals surface area contributed by atoms with Gasteiger partial charge in [-0.15, -0.1) is 0 Å². The molecule has 1 N–H and O–H groups in total. The minimum Gasteiger partial charge on any atom is -0.463 e. The molecule has 0 spiro atoms. The molecule has 52 heavy (non-hydrogen) atoms. The fourth-order valence-electron chi connectivity index (χ4n) is 4.25. The maximum atomic E-state index is 11.9. The number of aliphatic hydroxyl groups excluding tert-OH is 1. The molecule has 0 aliphatic heterocycles. The summed E-state index contributed by atoms with van der Waals surface area (Å²) in [6, 6.07) is 0. The van der Waals surface area contributed by atoms with E-state index in [4.69, 9.17) is 9.47 Å². The van der Waals surface area contributed by atoms with Crippen molar-refractivity contribution in [3.05, 3.63) is 146 Å². The van der Waals surface area contributed by atoms with Gasteiger partial charge >= 0.3 is 11.9 Å². The van der Waals surface area contributed by atoms with Gasteiger partial charge in [0.1, 0.15) is 19.3 Å². The molecule has 0 aromatic carbocycles. The monoisotopic (exact) mass is 713 g/mol. The van der Waals surface area contributed by atoms with E-state index in [0.29, 0.717) is 12.8 Å². The van der Waals surface area contributed by atoms with Crippen LogP contribution >= 0.6 is 0 Å². The molecular weight excluding hydrogens is 645 g/mol. The fourth-order valence-corrected chi connectivity index (χ4v) is 4.25. The Morgan fingerprint density at radius 3 is 0.827 bits per heavy atom. The van der Waals surface area contributed by atoms with Gasteiger partial charge in [-0.05, 0) is 89.9 Å². The summed E-state index contributed by atoms with van der Waals surface area (Å²) < 4.78 is 10.2. The summed E-state index contributed by atoms with van der Waals surface area (Å²) in [4.78, 5) is 23.9. The zero-order chi connectivity index (χ0) is 37.8. The van der Waals surface area contributed by atoms with E-state index >= 15 is 0 Å². The Bertz CT molecular complexity index is 1120. The summed E-state index contributed by atoms with van der Waals surface area (Å²) in [6.07, 6.45) is 63.5. The number of rotatable bonds is 32. The van der Waals surface area contributed by atoms with E-state index < -0.39 is 6.10 Å². The van der Waals surface area contributed by atoms with Crippen LogP contribution in [0.3, 0.4) is 0 Å². The topological polar surface area (TPSA) is 72.8 Å². The number of allylic oxidation sites excluding steroid dienone is 24. The second-order valence-corrected chi connectivity index (χ2v) is 11.9. The number of carbonyl (C=O) groups excluding carboxylic acids is 2. The average molecular weight is 713 g/mol. The fraction of sp³-hybridized carbons (Fsp3) is 0.447. The molecule has 0 fully saturated rings. The van der Waals surface area contributed by atoms with E-state index in [1.165, 1.54) is 0 Å². The largest absolute Gasteiger partial charge is 0.463 e. The summed E-state index contributed by atoms with van der Waals surface area (Å²) in [5.74, 6) is -0.773. The highest BCUT2D eigenvalue weighted by Gasteiger charge is 2.11. The Kier molecular flexibility index (Phi) is 37.9. The zero-order valence-electron chi connectivity index (χ0n) is 32.2. The molecule has 286 valence electrons. The highest BCUT2D eigenvalue weighted by molar-refractivity contribution is 5.70. The Morgan fingerprint density at radius 1 is 0.385 bits per heavy atom. The first kappa shape index (κ1) is 47.8. The second-order valence-electron chi connectivity index (χ2n) is 11.9. The van der Waals surface area contributed by atoms with Crippen LogP contribution in [-0.2, 0) is 19.1 Å². The summed E-state index contributed by atoms with van der Waals surface area (Å²) >= 11 is 0. The molecule has 0 aromatic heterocycles. The van der Waals surface area contributed by atoms with Crippen molar-refractivity contribution in [2.75, 3.05) is 13.2 Å². The summed E-state index contributed by atoms with van der Waals surface area (Å²) in [5, 5.41) is 9.99. The lowest BCUT2D eigenvalue weighted by Crippen LogP contribution is -2.25. The zero-order valence-corrected chi connectivity index (χ0v) is 32.2.